The predicted octanol–water partition coefficient (Wildman–Crippen LogP) is 4.00. The number of ether oxygens (including phenoxy) is 1. The van der Waals surface area contributed by atoms with Crippen molar-refractivity contribution >= 4 is 29.3 Å². The van der Waals surface area contributed by atoms with Crippen LogP contribution in [-0.4, -0.2) is 27.8 Å². The summed E-state index contributed by atoms with van der Waals surface area (Å²) in [5.74, 6) is -0.151. The highest BCUT2D eigenvalue weighted by atomic mass is 35.5. The number of amides is 1. The monoisotopic (exact) mass is 407 g/mol. The first-order valence-electron chi connectivity index (χ1n) is 8.64. The molecule has 0 aliphatic carbocycles. The molecule has 0 bridgehead atoms. The number of hydrogen-bond acceptors (Lipinski definition) is 5. The fourth-order valence-electron chi connectivity index (χ4n) is 2.77. The molecule has 0 unspecified atom stereocenters. The molecule has 3 aromatic rings. The van der Waals surface area contributed by atoms with E-state index in [4.69, 9.17) is 16.3 Å². The largest absolute Gasteiger partial charge is 0.495 e. The highest BCUT2D eigenvalue weighted by Crippen LogP contribution is 2.31. The molecule has 2 heterocycles. The van der Waals surface area contributed by atoms with Crippen molar-refractivity contribution < 1.29 is 9.53 Å². The van der Waals surface area contributed by atoms with Crippen LogP contribution < -0.4 is 10.1 Å². The van der Waals surface area contributed by atoms with Gasteiger partial charge in [0.2, 0.25) is 0 Å². The summed E-state index contributed by atoms with van der Waals surface area (Å²) in [6, 6.07) is 8.89. The Balaban J connectivity index is 1.95. The van der Waals surface area contributed by atoms with E-state index in [2.05, 4.69) is 15.4 Å². The molecule has 0 aliphatic rings. The Hall–Kier alpha value is -3.63. The number of benzene rings is 1. The lowest BCUT2D eigenvalue weighted by atomic mass is 10.1. The maximum absolute atomic E-state index is 12.7. The third kappa shape index (κ3) is 4.45. The van der Waals surface area contributed by atoms with Crippen LogP contribution in [-0.2, 0) is 11.8 Å². The number of anilines is 1. The van der Waals surface area contributed by atoms with Gasteiger partial charge in [0, 0.05) is 47.9 Å². The molecule has 3 rings (SSSR count). The van der Waals surface area contributed by atoms with Crippen LogP contribution in [0.3, 0.4) is 0 Å². The first kappa shape index (κ1) is 20.1. The van der Waals surface area contributed by atoms with Gasteiger partial charge in [-0.25, -0.2) is 0 Å². The molecule has 0 saturated carbocycles. The van der Waals surface area contributed by atoms with Crippen molar-refractivity contribution in [3.63, 3.8) is 0 Å². The molecular weight excluding hydrogens is 390 g/mol. The summed E-state index contributed by atoms with van der Waals surface area (Å²) in [6.45, 7) is 1.81. The van der Waals surface area contributed by atoms with Gasteiger partial charge >= 0.3 is 0 Å². The smallest absolute Gasteiger partial charge is 0.266 e. The second-order valence-electron chi connectivity index (χ2n) is 6.27. The number of hydrogen-bond donors (Lipinski definition) is 1. The van der Waals surface area contributed by atoms with E-state index >= 15 is 0 Å². The molecule has 0 saturated heterocycles. The zero-order valence-corrected chi connectivity index (χ0v) is 16.9. The Kier molecular flexibility index (Phi) is 5.96. The SMILES string of the molecule is COc1cc(Cl)c(C)cc1NC(=O)/C(C#N)=C\c1cn(C)nc1-c1ccncc1. The first-order chi connectivity index (χ1) is 13.9. The van der Waals surface area contributed by atoms with Crippen molar-refractivity contribution in [2.24, 2.45) is 7.05 Å². The number of aryl methyl sites for hydroxylation is 2. The van der Waals surface area contributed by atoms with Gasteiger partial charge in [0.25, 0.3) is 5.91 Å². The number of halogens is 1. The Bertz CT molecular complexity index is 1130. The predicted molar refractivity (Wildman–Crippen MR) is 111 cm³/mol. The second kappa shape index (κ2) is 8.59. The van der Waals surface area contributed by atoms with Gasteiger partial charge in [-0.2, -0.15) is 10.4 Å². The Morgan fingerprint density at radius 3 is 2.72 bits per heavy atom. The molecule has 8 heteroatoms. The van der Waals surface area contributed by atoms with Gasteiger partial charge in [-0.1, -0.05) is 11.6 Å². The van der Waals surface area contributed by atoms with Crippen LogP contribution in [0.2, 0.25) is 5.02 Å². The van der Waals surface area contributed by atoms with Crippen molar-refractivity contribution in [2.45, 2.75) is 6.92 Å². The molecule has 0 aliphatic heterocycles. The minimum absolute atomic E-state index is 0.0667. The maximum atomic E-state index is 12.7. The maximum Gasteiger partial charge on any atom is 0.266 e. The average molecular weight is 408 g/mol. The van der Waals surface area contributed by atoms with E-state index in [0.717, 1.165) is 11.1 Å². The van der Waals surface area contributed by atoms with Crippen molar-refractivity contribution in [1.29, 1.82) is 5.26 Å². The quantitative estimate of drug-likeness (QED) is 0.509. The van der Waals surface area contributed by atoms with Crippen molar-refractivity contribution in [3.8, 4) is 23.1 Å². The molecule has 7 nitrogen and oxygen atoms in total. The highest BCUT2D eigenvalue weighted by Gasteiger charge is 2.16. The summed E-state index contributed by atoms with van der Waals surface area (Å²) in [5, 5.41) is 17.2. The van der Waals surface area contributed by atoms with Crippen LogP contribution in [0.25, 0.3) is 17.3 Å². The molecule has 29 heavy (non-hydrogen) atoms. The first-order valence-corrected chi connectivity index (χ1v) is 9.02. The standard InChI is InChI=1S/C21H18ClN5O2/c1-13-8-18(19(29-3)10-17(13)22)25-21(28)15(11-23)9-16-12-27(2)26-20(16)14-4-6-24-7-5-14/h4-10,12H,1-3H3,(H,25,28)/b15-9-. The van der Waals surface area contributed by atoms with Crippen LogP contribution in [0.4, 0.5) is 5.69 Å². The molecule has 0 fully saturated rings. The summed E-state index contributed by atoms with van der Waals surface area (Å²) < 4.78 is 6.90. The van der Waals surface area contributed by atoms with Gasteiger partial charge in [-0.05, 0) is 36.8 Å². The second-order valence-corrected chi connectivity index (χ2v) is 6.68. The van der Waals surface area contributed by atoms with Crippen molar-refractivity contribution in [1.82, 2.24) is 14.8 Å². The summed E-state index contributed by atoms with van der Waals surface area (Å²) in [7, 11) is 3.25. The Morgan fingerprint density at radius 2 is 2.07 bits per heavy atom. The molecule has 146 valence electrons. The van der Waals surface area contributed by atoms with Gasteiger partial charge in [-0.3, -0.25) is 14.5 Å². The van der Waals surface area contributed by atoms with Crippen LogP contribution in [0.15, 0.2) is 48.4 Å². The zero-order valence-electron chi connectivity index (χ0n) is 16.1. The van der Waals surface area contributed by atoms with Gasteiger partial charge < -0.3 is 10.1 Å². The lowest BCUT2D eigenvalue weighted by Crippen LogP contribution is -2.14. The van der Waals surface area contributed by atoms with Gasteiger partial charge in [0.1, 0.15) is 17.4 Å². The van der Waals surface area contributed by atoms with Gasteiger partial charge in [-0.15, -0.1) is 0 Å². The number of pyridine rings is 1. The van der Waals surface area contributed by atoms with E-state index in [1.54, 1.807) is 42.5 Å². The number of carbonyl (C=O) groups excluding carboxylic acids is 1. The van der Waals surface area contributed by atoms with Gasteiger partial charge in [0.05, 0.1) is 18.5 Å². The molecule has 0 atom stereocenters. The number of methoxy groups -OCH3 is 1. The van der Waals surface area contributed by atoms with Crippen LogP contribution in [0.5, 0.6) is 5.75 Å². The molecule has 1 aromatic carbocycles. The van der Waals surface area contributed by atoms with Gasteiger partial charge in [0.15, 0.2) is 0 Å². The minimum Gasteiger partial charge on any atom is -0.495 e. The average Bonchev–Trinajstić information content (AvgIpc) is 3.09. The summed E-state index contributed by atoms with van der Waals surface area (Å²) in [6.07, 6.45) is 6.57. The molecule has 0 radical (unpaired) electrons. The third-order valence-corrected chi connectivity index (χ3v) is 4.61. The van der Waals surface area contributed by atoms with E-state index in [9.17, 15) is 10.1 Å². The topological polar surface area (TPSA) is 92.8 Å². The van der Waals surface area contributed by atoms with Crippen molar-refractivity contribution in [2.75, 3.05) is 12.4 Å². The lowest BCUT2D eigenvalue weighted by Gasteiger charge is -2.12. The zero-order chi connectivity index (χ0) is 21.0. The van der Waals surface area contributed by atoms with E-state index in [1.807, 2.05) is 25.1 Å². The van der Waals surface area contributed by atoms with Crippen LogP contribution in [0, 0.1) is 18.3 Å². The normalized spacial score (nSPS) is 11.1. The number of aromatic nitrogens is 3. The Morgan fingerprint density at radius 1 is 1.34 bits per heavy atom. The molecular formula is C21H18ClN5O2. The van der Waals surface area contributed by atoms with Crippen LogP contribution >= 0.6 is 11.6 Å². The van der Waals surface area contributed by atoms with Crippen molar-refractivity contribution in [3.05, 3.63) is 64.6 Å². The fourth-order valence-corrected chi connectivity index (χ4v) is 2.92. The summed E-state index contributed by atoms with van der Waals surface area (Å²) in [5.41, 5.74) is 3.26. The summed E-state index contributed by atoms with van der Waals surface area (Å²) in [4.78, 5) is 16.7. The van der Waals surface area contributed by atoms with Crippen LogP contribution in [0.1, 0.15) is 11.1 Å². The third-order valence-electron chi connectivity index (χ3n) is 4.20. The number of carbonyl (C=O) groups is 1. The van der Waals surface area contributed by atoms with E-state index in [-0.39, 0.29) is 5.57 Å². The molecule has 1 amide bonds. The van der Waals surface area contributed by atoms with E-state index in [0.29, 0.717) is 27.7 Å². The number of nitriles is 1. The summed E-state index contributed by atoms with van der Waals surface area (Å²) >= 11 is 6.11. The Labute approximate surface area is 173 Å². The highest BCUT2D eigenvalue weighted by molar-refractivity contribution is 6.31. The van der Waals surface area contributed by atoms with E-state index < -0.39 is 5.91 Å². The number of nitrogens with one attached hydrogen (secondary N) is 1. The molecule has 2 aromatic heterocycles. The van der Waals surface area contributed by atoms with E-state index in [1.165, 1.54) is 13.2 Å². The number of nitrogens with zero attached hydrogens (tertiary/aromatic N) is 4. The molecule has 1 N–H and O–H groups in total. The lowest BCUT2D eigenvalue weighted by molar-refractivity contribution is -0.112. The fraction of sp³-hybridized carbons (Fsp3) is 0.143. The molecule has 0 spiro atoms. The number of rotatable bonds is 5. The minimum atomic E-state index is -0.558.